The highest BCUT2D eigenvalue weighted by molar-refractivity contribution is 6.31. The third-order valence-electron chi connectivity index (χ3n) is 4.59. The Morgan fingerprint density at radius 2 is 1.87 bits per heavy atom. The molecule has 2 heterocycles. The van der Waals surface area contributed by atoms with Crippen molar-refractivity contribution < 1.29 is 14.6 Å². The SMILES string of the molecule is OCC(Nc1ncc2ncnc(Nc3ccc(F)c(Cl)c3)c2n1)C(O)c1ccccc1. The highest BCUT2D eigenvalue weighted by Crippen LogP contribution is 2.26. The third kappa shape index (κ3) is 4.69. The second-order valence-electron chi connectivity index (χ2n) is 6.69. The highest BCUT2D eigenvalue weighted by Gasteiger charge is 2.21. The fourth-order valence-corrected chi connectivity index (χ4v) is 3.18. The van der Waals surface area contributed by atoms with Gasteiger partial charge in [-0.25, -0.2) is 24.3 Å². The van der Waals surface area contributed by atoms with Gasteiger partial charge in [-0.2, -0.15) is 0 Å². The number of hydrogen-bond donors (Lipinski definition) is 4. The molecule has 0 spiro atoms. The Balaban J connectivity index is 1.62. The zero-order valence-electron chi connectivity index (χ0n) is 16.1. The monoisotopic (exact) mass is 440 g/mol. The molecule has 0 aliphatic carbocycles. The largest absolute Gasteiger partial charge is 0.394 e. The number of anilines is 3. The van der Waals surface area contributed by atoms with Crippen molar-refractivity contribution >= 4 is 40.1 Å². The number of aliphatic hydroxyl groups excluding tert-OH is 2. The Morgan fingerprint density at radius 3 is 2.61 bits per heavy atom. The normalized spacial score (nSPS) is 13.0. The van der Waals surface area contributed by atoms with Crippen molar-refractivity contribution in [2.45, 2.75) is 12.1 Å². The minimum absolute atomic E-state index is 0.0268. The molecule has 2 aromatic carbocycles. The number of hydrogen-bond acceptors (Lipinski definition) is 8. The van der Waals surface area contributed by atoms with Crippen molar-refractivity contribution in [1.29, 1.82) is 0 Å². The maximum absolute atomic E-state index is 13.4. The van der Waals surface area contributed by atoms with Gasteiger partial charge in [-0.1, -0.05) is 41.9 Å². The van der Waals surface area contributed by atoms with Crippen LogP contribution in [-0.4, -0.2) is 42.8 Å². The van der Waals surface area contributed by atoms with Gasteiger partial charge < -0.3 is 20.8 Å². The molecule has 0 saturated heterocycles. The van der Waals surface area contributed by atoms with Crippen molar-refractivity contribution in [1.82, 2.24) is 19.9 Å². The van der Waals surface area contributed by atoms with Crippen LogP contribution in [0.15, 0.2) is 61.1 Å². The number of nitrogens with one attached hydrogen (secondary N) is 2. The molecule has 158 valence electrons. The van der Waals surface area contributed by atoms with Crippen LogP contribution >= 0.6 is 11.6 Å². The average molecular weight is 441 g/mol. The van der Waals surface area contributed by atoms with E-state index in [1.165, 1.54) is 30.7 Å². The predicted molar refractivity (Wildman–Crippen MR) is 116 cm³/mol. The number of benzene rings is 2. The van der Waals surface area contributed by atoms with E-state index in [0.717, 1.165) is 0 Å². The van der Waals surface area contributed by atoms with Crippen molar-refractivity contribution in [3.63, 3.8) is 0 Å². The van der Waals surface area contributed by atoms with E-state index in [0.29, 0.717) is 28.1 Å². The van der Waals surface area contributed by atoms with Crippen LogP contribution in [0.3, 0.4) is 0 Å². The first-order valence-corrected chi connectivity index (χ1v) is 9.73. The van der Waals surface area contributed by atoms with Crippen LogP contribution < -0.4 is 10.6 Å². The Kier molecular flexibility index (Phi) is 6.17. The number of halogens is 2. The number of aromatic nitrogens is 4. The van der Waals surface area contributed by atoms with Crippen molar-refractivity contribution in [2.75, 3.05) is 17.2 Å². The van der Waals surface area contributed by atoms with E-state index >= 15 is 0 Å². The second kappa shape index (κ2) is 9.17. The fourth-order valence-electron chi connectivity index (χ4n) is 3.00. The number of fused-ring (bicyclic) bond motifs is 1. The molecular weight excluding hydrogens is 423 g/mol. The highest BCUT2D eigenvalue weighted by atomic mass is 35.5. The second-order valence-corrected chi connectivity index (χ2v) is 7.10. The smallest absolute Gasteiger partial charge is 0.223 e. The molecular formula is C21H18ClFN6O2. The van der Waals surface area contributed by atoms with Gasteiger partial charge in [-0.15, -0.1) is 0 Å². The van der Waals surface area contributed by atoms with Crippen molar-refractivity contribution in [3.8, 4) is 0 Å². The Bertz CT molecular complexity index is 1200. The van der Waals surface area contributed by atoms with Crippen molar-refractivity contribution in [3.05, 3.63) is 77.5 Å². The van der Waals surface area contributed by atoms with Gasteiger partial charge in [0.25, 0.3) is 0 Å². The molecule has 0 bridgehead atoms. The molecule has 10 heteroatoms. The molecule has 0 fully saturated rings. The van der Waals surface area contributed by atoms with Gasteiger partial charge in [0, 0.05) is 5.69 Å². The first kappa shape index (κ1) is 20.9. The van der Waals surface area contributed by atoms with E-state index < -0.39 is 18.0 Å². The van der Waals surface area contributed by atoms with E-state index in [2.05, 4.69) is 30.6 Å². The molecule has 0 saturated carbocycles. The molecule has 0 aliphatic heterocycles. The fraction of sp³-hybridized carbons (Fsp3) is 0.143. The lowest BCUT2D eigenvalue weighted by molar-refractivity contribution is 0.118. The lowest BCUT2D eigenvalue weighted by atomic mass is 10.0. The molecule has 2 aromatic heterocycles. The van der Waals surface area contributed by atoms with Crippen LogP contribution in [0.5, 0.6) is 0 Å². The molecule has 8 nitrogen and oxygen atoms in total. The number of nitrogens with zero attached hydrogens (tertiary/aromatic N) is 4. The van der Waals surface area contributed by atoms with Crippen LogP contribution in [0.1, 0.15) is 11.7 Å². The van der Waals surface area contributed by atoms with Gasteiger partial charge in [-0.3, -0.25) is 0 Å². The summed E-state index contributed by atoms with van der Waals surface area (Å²) in [6, 6.07) is 12.4. The average Bonchev–Trinajstić information content (AvgIpc) is 2.80. The standard InChI is InChI=1S/C21H18ClFN6O2/c22-14-8-13(6-7-15(14)23)27-20-18-16(25-11-26-20)9-24-21(29-18)28-17(10-30)19(31)12-4-2-1-3-5-12/h1-9,11,17,19,30-31H,10H2,(H,24,28,29)(H,25,26,27). The molecule has 0 radical (unpaired) electrons. The number of rotatable bonds is 7. The van der Waals surface area contributed by atoms with Gasteiger partial charge in [0.15, 0.2) is 5.82 Å². The Labute approximate surface area is 181 Å². The van der Waals surface area contributed by atoms with Gasteiger partial charge >= 0.3 is 0 Å². The molecule has 4 aromatic rings. The predicted octanol–water partition coefficient (Wildman–Crippen LogP) is 3.46. The lowest BCUT2D eigenvalue weighted by Gasteiger charge is -2.22. The van der Waals surface area contributed by atoms with Gasteiger partial charge in [-0.05, 0) is 23.8 Å². The summed E-state index contributed by atoms with van der Waals surface area (Å²) in [5.41, 5.74) is 2.03. The summed E-state index contributed by atoms with van der Waals surface area (Å²) in [7, 11) is 0. The third-order valence-corrected chi connectivity index (χ3v) is 4.88. The molecule has 4 rings (SSSR count). The maximum atomic E-state index is 13.4. The summed E-state index contributed by atoms with van der Waals surface area (Å²) in [4.78, 5) is 17.0. The number of aliphatic hydroxyl groups is 2. The van der Waals surface area contributed by atoms with Gasteiger partial charge in [0.1, 0.15) is 29.3 Å². The molecule has 2 unspecified atom stereocenters. The molecule has 4 N–H and O–H groups in total. The van der Waals surface area contributed by atoms with Crippen LogP contribution in [-0.2, 0) is 0 Å². The van der Waals surface area contributed by atoms with Crippen LogP contribution in [0.2, 0.25) is 5.02 Å². The van der Waals surface area contributed by atoms with E-state index in [1.54, 1.807) is 24.3 Å². The summed E-state index contributed by atoms with van der Waals surface area (Å²) < 4.78 is 13.4. The first-order chi connectivity index (χ1) is 15.0. The van der Waals surface area contributed by atoms with Gasteiger partial charge in [0.05, 0.1) is 23.9 Å². The summed E-state index contributed by atoms with van der Waals surface area (Å²) in [5.74, 6) is 0.0133. The van der Waals surface area contributed by atoms with E-state index in [-0.39, 0.29) is 17.6 Å². The van der Waals surface area contributed by atoms with E-state index in [4.69, 9.17) is 11.6 Å². The van der Waals surface area contributed by atoms with Crippen LogP contribution in [0, 0.1) is 5.82 Å². The van der Waals surface area contributed by atoms with E-state index in [9.17, 15) is 14.6 Å². The van der Waals surface area contributed by atoms with E-state index in [1.807, 2.05) is 6.07 Å². The van der Waals surface area contributed by atoms with Crippen molar-refractivity contribution in [2.24, 2.45) is 0 Å². The quantitative estimate of drug-likeness (QED) is 0.345. The molecule has 2 atom stereocenters. The first-order valence-electron chi connectivity index (χ1n) is 9.35. The topological polar surface area (TPSA) is 116 Å². The van der Waals surface area contributed by atoms with Crippen LogP contribution in [0.25, 0.3) is 11.0 Å². The summed E-state index contributed by atoms with van der Waals surface area (Å²) in [6.45, 7) is -0.345. The Morgan fingerprint density at radius 1 is 1.06 bits per heavy atom. The summed E-state index contributed by atoms with van der Waals surface area (Å²) >= 11 is 5.85. The minimum atomic E-state index is -0.975. The molecule has 0 amide bonds. The van der Waals surface area contributed by atoms with Gasteiger partial charge in [0.2, 0.25) is 5.95 Å². The Hall–Kier alpha value is -3.40. The van der Waals surface area contributed by atoms with Crippen LogP contribution in [0.4, 0.5) is 21.8 Å². The summed E-state index contributed by atoms with van der Waals surface area (Å²) in [6.07, 6.45) is 1.87. The molecule has 0 aliphatic rings. The zero-order valence-corrected chi connectivity index (χ0v) is 16.8. The minimum Gasteiger partial charge on any atom is -0.394 e. The summed E-state index contributed by atoms with van der Waals surface area (Å²) in [5, 5.41) is 26.3. The zero-order chi connectivity index (χ0) is 21.8. The molecule has 31 heavy (non-hydrogen) atoms. The lowest BCUT2D eigenvalue weighted by Crippen LogP contribution is -2.32. The maximum Gasteiger partial charge on any atom is 0.223 e.